The minimum absolute atomic E-state index is 0.0659. The Labute approximate surface area is 112 Å². The molecule has 3 heterocycles. The second kappa shape index (κ2) is 3.82. The predicted molar refractivity (Wildman–Crippen MR) is 67.0 cm³/mol. The van der Waals surface area contributed by atoms with Crippen LogP contribution in [0.25, 0.3) is 0 Å². The molecule has 3 saturated heterocycles. The molecule has 5 atom stereocenters. The van der Waals surface area contributed by atoms with Crippen LogP contribution < -0.4 is 0 Å². The molecule has 5 nitrogen and oxygen atoms in total. The van der Waals surface area contributed by atoms with Crippen molar-refractivity contribution in [2.24, 2.45) is 0 Å². The number of ether oxygens (including phenoxy) is 2. The molecule has 0 aromatic rings. The molecule has 0 amide bonds. The van der Waals surface area contributed by atoms with E-state index < -0.39 is 20.8 Å². The number of hydrogen-bond donors (Lipinski definition) is 0. The smallest absolute Gasteiger partial charge is 0.220 e. The number of alkyl halides is 1. The maximum Gasteiger partial charge on any atom is 0.220 e. The highest BCUT2D eigenvalue weighted by Gasteiger charge is 2.70. The minimum Gasteiger partial charge on any atom is -0.369 e. The Kier molecular flexibility index (Phi) is 2.79. The average Bonchev–Trinajstić information content (AvgIpc) is 2.79. The zero-order valence-corrected chi connectivity index (χ0v) is 12.2. The number of fused-ring (bicyclic) bond motifs is 1. The SMILES string of the molecule is CC(C)(C)N1C2C(OCCl)C3CC(C2O3)S1(=O)=O. The predicted octanol–water partition coefficient (Wildman–Crippen LogP) is 0.920. The van der Waals surface area contributed by atoms with Crippen molar-refractivity contribution in [1.29, 1.82) is 0 Å². The van der Waals surface area contributed by atoms with Crippen molar-refractivity contribution in [3.63, 3.8) is 0 Å². The standard InChI is InChI=1S/C11H18ClNO4S/c1-11(2,3)13-8-9(16-5-12)6-4-7(10(8)17-6)18(13,14)15/h6-10H,4-5H2,1-3H3. The summed E-state index contributed by atoms with van der Waals surface area (Å²) in [6, 6.07) is -0.159. The maximum atomic E-state index is 12.6. The summed E-state index contributed by atoms with van der Waals surface area (Å²) in [5.41, 5.74) is -0.465. The van der Waals surface area contributed by atoms with Gasteiger partial charge in [0.2, 0.25) is 10.0 Å². The molecule has 3 fully saturated rings. The van der Waals surface area contributed by atoms with E-state index in [9.17, 15) is 8.42 Å². The molecule has 0 aromatic heterocycles. The zero-order valence-electron chi connectivity index (χ0n) is 10.7. The van der Waals surface area contributed by atoms with Gasteiger partial charge >= 0.3 is 0 Å². The highest BCUT2D eigenvalue weighted by molar-refractivity contribution is 7.90. The van der Waals surface area contributed by atoms with Gasteiger partial charge in [-0.15, -0.1) is 0 Å². The number of hydrogen-bond acceptors (Lipinski definition) is 4. The van der Waals surface area contributed by atoms with Crippen LogP contribution in [-0.4, -0.2) is 53.9 Å². The first-order valence-electron chi connectivity index (χ1n) is 6.15. The third-order valence-electron chi connectivity index (χ3n) is 4.05. The van der Waals surface area contributed by atoms with Crippen molar-refractivity contribution in [3.8, 4) is 0 Å². The van der Waals surface area contributed by atoms with Crippen LogP contribution >= 0.6 is 11.6 Å². The van der Waals surface area contributed by atoms with Gasteiger partial charge in [0.25, 0.3) is 0 Å². The number of halogens is 1. The molecule has 5 unspecified atom stereocenters. The third kappa shape index (κ3) is 1.53. The lowest BCUT2D eigenvalue weighted by atomic mass is 9.90. The zero-order chi connectivity index (χ0) is 13.3. The van der Waals surface area contributed by atoms with Gasteiger partial charge in [-0.3, -0.25) is 0 Å². The summed E-state index contributed by atoms with van der Waals surface area (Å²) in [5.74, 6) is 0. The van der Waals surface area contributed by atoms with Crippen molar-refractivity contribution in [2.75, 3.05) is 6.07 Å². The van der Waals surface area contributed by atoms with Gasteiger partial charge in [-0.1, -0.05) is 11.6 Å². The molecule has 0 N–H and O–H groups in total. The lowest BCUT2D eigenvalue weighted by Gasteiger charge is -2.36. The van der Waals surface area contributed by atoms with Gasteiger partial charge in [0, 0.05) is 5.54 Å². The summed E-state index contributed by atoms with van der Waals surface area (Å²) in [6.07, 6.45) is -0.101. The van der Waals surface area contributed by atoms with E-state index in [2.05, 4.69) is 0 Å². The van der Waals surface area contributed by atoms with Gasteiger partial charge in [-0.25, -0.2) is 8.42 Å². The van der Waals surface area contributed by atoms with E-state index in [1.54, 1.807) is 4.31 Å². The molecule has 104 valence electrons. The van der Waals surface area contributed by atoms with E-state index in [1.165, 1.54) is 0 Å². The Hall–Kier alpha value is 0.120. The molecular weight excluding hydrogens is 278 g/mol. The van der Waals surface area contributed by atoms with Crippen LogP contribution in [0.3, 0.4) is 0 Å². The van der Waals surface area contributed by atoms with E-state index in [0.29, 0.717) is 6.42 Å². The van der Waals surface area contributed by atoms with Gasteiger partial charge in [0.15, 0.2) is 0 Å². The van der Waals surface area contributed by atoms with Crippen molar-refractivity contribution >= 4 is 21.6 Å². The topological polar surface area (TPSA) is 55.8 Å². The minimum atomic E-state index is -3.30. The van der Waals surface area contributed by atoms with Gasteiger partial charge < -0.3 is 9.47 Å². The van der Waals surface area contributed by atoms with Gasteiger partial charge in [-0.2, -0.15) is 4.31 Å². The third-order valence-corrected chi connectivity index (χ3v) is 6.74. The van der Waals surface area contributed by atoms with E-state index >= 15 is 0 Å². The Morgan fingerprint density at radius 1 is 1.44 bits per heavy atom. The normalized spacial score (nSPS) is 45.9. The molecule has 2 bridgehead atoms. The van der Waals surface area contributed by atoms with Crippen LogP contribution in [0.2, 0.25) is 0 Å². The summed E-state index contributed by atoms with van der Waals surface area (Å²) in [7, 11) is -3.30. The fourth-order valence-electron chi connectivity index (χ4n) is 3.61. The fourth-order valence-corrected chi connectivity index (χ4v) is 6.38. The lowest BCUT2D eigenvalue weighted by Crippen LogP contribution is -2.53. The quantitative estimate of drug-likeness (QED) is 0.711. The van der Waals surface area contributed by atoms with Crippen molar-refractivity contribution in [2.45, 2.75) is 62.3 Å². The second-order valence-corrected chi connectivity index (χ2v) is 8.40. The van der Waals surface area contributed by atoms with Crippen LogP contribution in [0.1, 0.15) is 27.2 Å². The molecular formula is C11H18ClNO4S. The molecule has 0 spiro atoms. The van der Waals surface area contributed by atoms with E-state index in [0.717, 1.165) is 0 Å². The van der Waals surface area contributed by atoms with E-state index in [-0.39, 0.29) is 30.4 Å². The van der Waals surface area contributed by atoms with Crippen LogP contribution in [-0.2, 0) is 19.5 Å². The van der Waals surface area contributed by atoms with Gasteiger partial charge in [0.05, 0.1) is 18.2 Å². The summed E-state index contributed by atoms with van der Waals surface area (Å²) >= 11 is 5.64. The molecule has 18 heavy (non-hydrogen) atoms. The Morgan fingerprint density at radius 2 is 2.11 bits per heavy atom. The summed E-state index contributed by atoms with van der Waals surface area (Å²) < 4.78 is 38.0. The highest BCUT2D eigenvalue weighted by atomic mass is 35.5. The molecule has 0 aliphatic carbocycles. The summed E-state index contributed by atoms with van der Waals surface area (Å²) in [4.78, 5) is 0. The Bertz CT molecular complexity index is 460. The first-order chi connectivity index (χ1) is 8.28. The number of rotatable bonds is 2. The number of nitrogens with zero attached hydrogens (tertiary/aromatic N) is 1. The second-order valence-electron chi connectivity index (χ2n) is 6.16. The summed E-state index contributed by atoms with van der Waals surface area (Å²) in [5, 5.41) is -0.401. The fraction of sp³-hybridized carbons (Fsp3) is 1.00. The molecule has 0 saturated carbocycles. The van der Waals surface area contributed by atoms with Crippen LogP contribution in [0.5, 0.6) is 0 Å². The average molecular weight is 296 g/mol. The summed E-state index contributed by atoms with van der Waals surface area (Å²) in [6.45, 7) is 5.71. The van der Waals surface area contributed by atoms with E-state index in [4.69, 9.17) is 21.1 Å². The highest BCUT2D eigenvalue weighted by Crippen LogP contribution is 2.51. The Morgan fingerprint density at radius 3 is 2.67 bits per heavy atom. The Balaban J connectivity index is 2.05. The van der Waals surface area contributed by atoms with Crippen molar-refractivity contribution in [1.82, 2.24) is 4.31 Å². The molecule has 3 rings (SSSR count). The van der Waals surface area contributed by atoms with Crippen LogP contribution in [0, 0.1) is 0 Å². The van der Waals surface area contributed by atoms with Gasteiger partial charge in [-0.05, 0) is 27.2 Å². The van der Waals surface area contributed by atoms with E-state index in [1.807, 2.05) is 20.8 Å². The first kappa shape index (κ1) is 13.1. The monoisotopic (exact) mass is 295 g/mol. The van der Waals surface area contributed by atoms with Crippen LogP contribution in [0.15, 0.2) is 0 Å². The molecule has 7 heteroatoms. The number of sulfonamides is 1. The molecule has 0 aromatic carbocycles. The molecule has 0 radical (unpaired) electrons. The van der Waals surface area contributed by atoms with Crippen molar-refractivity contribution in [3.05, 3.63) is 0 Å². The maximum absolute atomic E-state index is 12.6. The van der Waals surface area contributed by atoms with Crippen LogP contribution in [0.4, 0.5) is 0 Å². The van der Waals surface area contributed by atoms with Crippen molar-refractivity contribution < 1.29 is 17.9 Å². The lowest BCUT2D eigenvalue weighted by molar-refractivity contribution is 0.000630. The molecule has 3 aliphatic heterocycles. The first-order valence-corrected chi connectivity index (χ1v) is 8.18. The molecule has 3 aliphatic rings. The van der Waals surface area contributed by atoms with Gasteiger partial charge in [0.1, 0.15) is 17.4 Å². The largest absolute Gasteiger partial charge is 0.369 e.